The SMILES string of the molecule is Nc1cncc(N2CCC3(CCCC3)CC2)n1. The maximum Gasteiger partial charge on any atom is 0.149 e. The summed E-state index contributed by atoms with van der Waals surface area (Å²) in [5.74, 6) is 1.46. The van der Waals surface area contributed by atoms with Gasteiger partial charge >= 0.3 is 0 Å². The van der Waals surface area contributed by atoms with Gasteiger partial charge < -0.3 is 10.6 Å². The van der Waals surface area contributed by atoms with Gasteiger partial charge in [0.1, 0.15) is 11.6 Å². The van der Waals surface area contributed by atoms with Gasteiger partial charge in [-0.05, 0) is 31.1 Å². The van der Waals surface area contributed by atoms with Crippen LogP contribution in [0.4, 0.5) is 11.6 Å². The predicted molar refractivity (Wildman–Crippen MR) is 68.8 cm³/mol. The van der Waals surface area contributed by atoms with Crippen LogP contribution in [0.5, 0.6) is 0 Å². The zero-order valence-corrected chi connectivity index (χ0v) is 10.2. The Morgan fingerprint density at radius 1 is 1.06 bits per heavy atom. The average molecular weight is 232 g/mol. The standard InChI is InChI=1S/C13H20N4/c14-11-9-15-10-12(16-11)17-7-5-13(6-8-17)3-1-2-4-13/h9-10H,1-8H2,(H2,14,16). The van der Waals surface area contributed by atoms with Crippen LogP contribution in [0.25, 0.3) is 0 Å². The molecule has 1 spiro atoms. The summed E-state index contributed by atoms with van der Waals surface area (Å²) >= 11 is 0. The van der Waals surface area contributed by atoms with E-state index < -0.39 is 0 Å². The Bertz CT molecular complexity index is 388. The zero-order valence-electron chi connectivity index (χ0n) is 10.2. The lowest BCUT2D eigenvalue weighted by atomic mass is 9.77. The number of hydrogen-bond donors (Lipinski definition) is 1. The number of nitrogen functional groups attached to an aromatic ring is 1. The number of nitrogens with zero attached hydrogens (tertiary/aromatic N) is 3. The second kappa shape index (κ2) is 4.17. The Hall–Kier alpha value is -1.32. The number of anilines is 2. The van der Waals surface area contributed by atoms with E-state index in [2.05, 4.69) is 14.9 Å². The first-order chi connectivity index (χ1) is 8.27. The van der Waals surface area contributed by atoms with Crippen molar-refractivity contribution in [2.24, 2.45) is 5.41 Å². The minimum absolute atomic E-state index is 0.517. The van der Waals surface area contributed by atoms with E-state index in [1.54, 1.807) is 6.20 Å². The normalized spacial score (nSPS) is 23.2. The third kappa shape index (κ3) is 2.08. The van der Waals surface area contributed by atoms with Gasteiger partial charge in [0.2, 0.25) is 0 Å². The van der Waals surface area contributed by atoms with E-state index in [9.17, 15) is 0 Å². The summed E-state index contributed by atoms with van der Waals surface area (Å²) < 4.78 is 0. The fourth-order valence-electron chi connectivity index (χ4n) is 3.36. The van der Waals surface area contributed by atoms with Gasteiger partial charge in [0.05, 0.1) is 12.4 Å². The molecule has 1 aromatic rings. The second-order valence-corrected chi connectivity index (χ2v) is 5.50. The Morgan fingerprint density at radius 2 is 1.76 bits per heavy atom. The highest BCUT2D eigenvalue weighted by Crippen LogP contribution is 2.46. The van der Waals surface area contributed by atoms with E-state index in [-0.39, 0.29) is 0 Å². The fraction of sp³-hybridized carbons (Fsp3) is 0.692. The third-order valence-electron chi connectivity index (χ3n) is 4.45. The van der Waals surface area contributed by atoms with Crippen molar-refractivity contribution >= 4 is 11.6 Å². The van der Waals surface area contributed by atoms with Crippen molar-refractivity contribution in [3.63, 3.8) is 0 Å². The van der Waals surface area contributed by atoms with Crippen molar-refractivity contribution in [1.29, 1.82) is 0 Å². The van der Waals surface area contributed by atoms with Crippen molar-refractivity contribution in [1.82, 2.24) is 9.97 Å². The molecule has 1 saturated carbocycles. The van der Waals surface area contributed by atoms with Gasteiger partial charge in [0, 0.05) is 13.1 Å². The monoisotopic (exact) mass is 232 g/mol. The molecule has 1 aliphatic carbocycles. The molecular weight excluding hydrogens is 212 g/mol. The van der Waals surface area contributed by atoms with Crippen LogP contribution in [-0.2, 0) is 0 Å². The van der Waals surface area contributed by atoms with E-state index in [0.717, 1.165) is 18.9 Å². The quantitative estimate of drug-likeness (QED) is 0.806. The molecule has 2 heterocycles. The molecule has 0 aromatic carbocycles. The first-order valence-electron chi connectivity index (χ1n) is 6.60. The van der Waals surface area contributed by atoms with E-state index in [1.807, 2.05) is 6.20 Å². The molecule has 0 bridgehead atoms. The Kier molecular flexibility index (Phi) is 2.65. The van der Waals surface area contributed by atoms with Gasteiger partial charge in [-0.2, -0.15) is 0 Å². The van der Waals surface area contributed by atoms with Gasteiger partial charge in [0.15, 0.2) is 0 Å². The number of nitrogens with two attached hydrogens (primary N) is 1. The smallest absolute Gasteiger partial charge is 0.149 e. The van der Waals surface area contributed by atoms with Crippen LogP contribution < -0.4 is 10.6 Å². The van der Waals surface area contributed by atoms with Crippen molar-refractivity contribution in [3.05, 3.63) is 12.4 Å². The van der Waals surface area contributed by atoms with Gasteiger partial charge in [0.25, 0.3) is 0 Å². The molecule has 4 nitrogen and oxygen atoms in total. The Balaban J connectivity index is 1.68. The highest BCUT2D eigenvalue weighted by atomic mass is 15.2. The molecule has 3 rings (SSSR count). The first kappa shape index (κ1) is 10.8. The molecule has 0 atom stereocenters. The molecule has 1 saturated heterocycles. The van der Waals surface area contributed by atoms with Crippen LogP contribution in [0.3, 0.4) is 0 Å². The van der Waals surface area contributed by atoms with Crippen LogP contribution in [0.2, 0.25) is 0 Å². The molecule has 2 fully saturated rings. The van der Waals surface area contributed by atoms with Crippen LogP contribution in [0.1, 0.15) is 38.5 Å². The summed E-state index contributed by atoms with van der Waals surface area (Å²) in [6.07, 6.45) is 11.8. The summed E-state index contributed by atoms with van der Waals surface area (Å²) in [5, 5.41) is 0. The summed E-state index contributed by atoms with van der Waals surface area (Å²) in [5.41, 5.74) is 6.34. The molecule has 1 aliphatic heterocycles. The van der Waals surface area contributed by atoms with Crippen LogP contribution in [0.15, 0.2) is 12.4 Å². The molecule has 2 aliphatic rings. The van der Waals surface area contributed by atoms with E-state index in [0.29, 0.717) is 11.2 Å². The molecule has 4 heteroatoms. The maximum atomic E-state index is 5.68. The van der Waals surface area contributed by atoms with Crippen LogP contribution >= 0.6 is 0 Å². The lowest BCUT2D eigenvalue weighted by Gasteiger charge is -2.39. The average Bonchev–Trinajstić information content (AvgIpc) is 2.79. The highest BCUT2D eigenvalue weighted by Gasteiger charge is 2.37. The molecule has 2 N–H and O–H groups in total. The predicted octanol–water partition coefficient (Wildman–Crippen LogP) is 2.22. The lowest BCUT2D eigenvalue weighted by Crippen LogP contribution is -2.39. The Labute approximate surface area is 102 Å². The Morgan fingerprint density at radius 3 is 2.41 bits per heavy atom. The molecule has 17 heavy (non-hydrogen) atoms. The topological polar surface area (TPSA) is 55.0 Å². The minimum Gasteiger partial charge on any atom is -0.382 e. The number of aromatic nitrogens is 2. The highest BCUT2D eigenvalue weighted by molar-refractivity contribution is 5.41. The summed E-state index contributed by atoms with van der Waals surface area (Å²) in [6.45, 7) is 2.22. The number of piperidine rings is 1. The van der Waals surface area contributed by atoms with Gasteiger partial charge in [-0.1, -0.05) is 12.8 Å². The van der Waals surface area contributed by atoms with Crippen molar-refractivity contribution in [2.75, 3.05) is 23.7 Å². The van der Waals surface area contributed by atoms with Gasteiger partial charge in [-0.3, -0.25) is 4.98 Å². The minimum atomic E-state index is 0.517. The molecule has 0 unspecified atom stereocenters. The first-order valence-corrected chi connectivity index (χ1v) is 6.60. The second-order valence-electron chi connectivity index (χ2n) is 5.50. The molecular formula is C13H20N4. The van der Waals surface area contributed by atoms with Crippen LogP contribution in [-0.4, -0.2) is 23.1 Å². The van der Waals surface area contributed by atoms with Gasteiger partial charge in [-0.25, -0.2) is 4.98 Å². The third-order valence-corrected chi connectivity index (χ3v) is 4.45. The maximum absolute atomic E-state index is 5.68. The molecule has 0 radical (unpaired) electrons. The van der Waals surface area contributed by atoms with Crippen LogP contribution in [0, 0.1) is 5.41 Å². The van der Waals surface area contributed by atoms with Crippen molar-refractivity contribution in [3.8, 4) is 0 Å². The number of hydrogen-bond acceptors (Lipinski definition) is 4. The summed E-state index contributed by atoms with van der Waals surface area (Å²) in [7, 11) is 0. The summed E-state index contributed by atoms with van der Waals surface area (Å²) in [6, 6.07) is 0. The van der Waals surface area contributed by atoms with Crippen molar-refractivity contribution < 1.29 is 0 Å². The molecule has 1 aromatic heterocycles. The van der Waals surface area contributed by atoms with E-state index in [1.165, 1.54) is 38.5 Å². The van der Waals surface area contributed by atoms with E-state index in [4.69, 9.17) is 5.73 Å². The molecule has 0 amide bonds. The fourth-order valence-corrected chi connectivity index (χ4v) is 3.36. The van der Waals surface area contributed by atoms with Crippen molar-refractivity contribution in [2.45, 2.75) is 38.5 Å². The van der Waals surface area contributed by atoms with Gasteiger partial charge in [-0.15, -0.1) is 0 Å². The zero-order chi connectivity index (χ0) is 11.7. The number of rotatable bonds is 1. The summed E-state index contributed by atoms with van der Waals surface area (Å²) in [4.78, 5) is 10.8. The largest absolute Gasteiger partial charge is 0.382 e. The molecule has 92 valence electrons. The lowest BCUT2D eigenvalue weighted by molar-refractivity contribution is 0.226. The van der Waals surface area contributed by atoms with E-state index >= 15 is 0 Å².